The second-order valence-corrected chi connectivity index (χ2v) is 4.84. The van der Waals surface area contributed by atoms with Crippen molar-refractivity contribution in [2.24, 2.45) is 0 Å². The Morgan fingerprint density at radius 1 is 1.05 bits per heavy atom. The highest BCUT2D eigenvalue weighted by Gasteiger charge is 2.21. The lowest BCUT2D eigenvalue weighted by atomic mass is 9.92. The number of hydrogen-bond acceptors (Lipinski definition) is 1. The zero-order valence-corrected chi connectivity index (χ0v) is 11.2. The van der Waals surface area contributed by atoms with Gasteiger partial charge < -0.3 is 5.11 Å². The largest absolute Gasteiger partial charge is 0.481 e. The molecule has 0 amide bonds. The standard InChI is InChI=1S/C16H15ClO2/c17-15-9-5-4-8-13(15)14(16(18)19)11-10-12-6-2-1-3-7-12/h1-9,14H,10-11H2,(H,18,19). The van der Waals surface area contributed by atoms with E-state index in [1.54, 1.807) is 12.1 Å². The maximum Gasteiger partial charge on any atom is 0.311 e. The topological polar surface area (TPSA) is 37.3 Å². The molecule has 0 saturated heterocycles. The van der Waals surface area contributed by atoms with Crippen LogP contribution in [0.3, 0.4) is 0 Å². The van der Waals surface area contributed by atoms with E-state index in [1.165, 1.54) is 0 Å². The second-order valence-electron chi connectivity index (χ2n) is 4.44. The van der Waals surface area contributed by atoms with Gasteiger partial charge in [0.15, 0.2) is 0 Å². The molecule has 0 aromatic heterocycles. The van der Waals surface area contributed by atoms with Gasteiger partial charge in [0.05, 0.1) is 5.92 Å². The molecule has 2 rings (SSSR count). The van der Waals surface area contributed by atoms with E-state index in [0.717, 1.165) is 12.0 Å². The molecule has 2 aromatic rings. The lowest BCUT2D eigenvalue weighted by Gasteiger charge is -2.14. The third-order valence-electron chi connectivity index (χ3n) is 3.14. The van der Waals surface area contributed by atoms with Crippen LogP contribution in [0, 0.1) is 0 Å². The first-order chi connectivity index (χ1) is 9.18. The van der Waals surface area contributed by atoms with Gasteiger partial charge >= 0.3 is 5.97 Å². The fraction of sp³-hybridized carbons (Fsp3) is 0.188. The summed E-state index contributed by atoms with van der Waals surface area (Å²) in [5, 5.41) is 9.89. The molecule has 0 saturated carbocycles. The number of aryl methyl sites for hydroxylation is 1. The molecule has 2 aromatic carbocycles. The predicted molar refractivity (Wildman–Crippen MR) is 76.6 cm³/mol. The first-order valence-electron chi connectivity index (χ1n) is 6.19. The predicted octanol–water partition coefficient (Wildman–Crippen LogP) is 4.14. The molecule has 0 heterocycles. The Labute approximate surface area is 117 Å². The number of carboxylic acid groups (broad SMARTS) is 1. The van der Waals surface area contributed by atoms with Crippen LogP contribution < -0.4 is 0 Å². The van der Waals surface area contributed by atoms with E-state index >= 15 is 0 Å². The average Bonchev–Trinajstić information content (AvgIpc) is 2.42. The van der Waals surface area contributed by atoms with Crippen molar-refractivity contribution in [3.05, 3.63) is 70.7 Å². The number of hydrogen-bond donors (Lipinski definition) is 1. The van der Waals surface area contributed by atoms with Crippen LogP contribution in [0.4, 0.5) is 0 Å². The second kappa shape index (κ2) is 6.39. The van der Waals surface area contributed by atoms with Crippen molar-refractivity contribution in [2.75, 3.05) is 0 Å². The zero-order valence-electron chi connectivity index (χ0n) is 10.4. The molecule has 0 bridgehead atoms. The molecule has 0 radical (unpaired) electrons. The van der Waals surface area contributed by atoms with E-state index in [9.17, 15) is 9.90 Å². The zero-order chi connectivity index (χ0) is 13.7. The highest BCUT2D eigenvalue weighted by molar-refractivity contribution is 6.31. The quantitative estimate of drug-likeness (QED) is 0.890. The Kier molecular flexibility index (Phi) is 4.58. The van der Waals surface area contributed by atoms with Gasteiger partial charge in [-0.3, -0.25) is 4.79 Å². The van der Waals surface area contributed by atoms with Crippen LogP contribution in [0.5, 0.6) is 0 Å². The van der Waals surface area contributed by atoms with Gasteiger partial charge in [0, 0.05) is 5.02 Å². The molecule has 19 heavy (non-hydrogen) atoms. The Hall–Kier alpha value is -1.80. The van der Waals surface area contributed by atoms with Crippen LogP contribution in [0.1, 0.15) is 23.5 Å². The van der Waals surface area contributed by atoms with E-state index in [2.05, 4.69) is 0 Å². The van der Waals surface area contributed by atoms with Crippen molar-refractivity contribution in [1.29, 1.82) is 0 Å². The molecule has 0 spiro atoms. The van der Waals surface area contributed by atoms with Crippen LogP contribution >= 0.6 is 11.6 Å². The van der Waals surface area contributed by atoms with Crippen LogP contribution in [0.15, 0.2) is 54.6 Å². The summed E-state index contributed by atoms with van der Waals surface area (Å²) in [7, 11) is 0. The first-order valence-corrected chi connectivity index (χ1v) is 6.57. The monoisotopic (exact) mass is 274 g/mol. The van der Waals surface area contributed by atoms with Crippen LogP contribution in [-0.2, 0) is 11.2 Å². The van der Waals surface area contributed by atoms with E-state index in [0.29, 0.717) is 17.0 Å². The highest BCUT2D eigenvalue weighted by Crippen LogP contribution is 2.28. The Morgan fingerprint density at radius 2 is 1.68 bits per heavy atom. The number of benzene rings is 2. The molecule has 0 aliphatic carbocycles. The van der Waals surface area contributed by atoms with Crippen molar-refractivity contribution < 1.29 is 9.90 Å². The normalized spacial score (nSPS) is 12.1. The van der Waals surface area contributed by atoms with Gasteiger partial charge in [-0.15, -0.1) is 0 Å². The Bertz CT molecular complexity index is 552. The molecule has 0 aliphatic heterocycles. The number of halogens is 1. The summed E-state index contributed by atoms with van der Waals surface area (Å²) in [6, 6.07) is 17.0. The van der Waals surface area contributed by atoms with E-state index in [1.807, 2.05) is 42.5 Å². The molecule has 1 unspecified atom stereocenters. The number of carboxylic acids is 1. The van der Waals surface area contributed by atoms with Crippen molar-refractivity contribution in [3.8, 4) is 0 Å². The Balaban J connectivity index is 2.14. The van der Waals surface area contributed by atoms with E-state index < -0.39 is 11.9 Å². The summed E-state index contributed by atoms with van der Waals surface area (Å²) in [4.78, 5) is 11.4. The lowest BCUT2D eigenvalue weighted by Crippen LogP contribution is -2.13. The van der Waals surface area contributed by atoms with Gasteiger partial charge in [0.25, 0.3) is 0 Å². The first kappa shape index (κ1) is 13.6. The summed E-state index contributed by atoms with van der Waals surface area (Å²) in [6.45, 7) is 0. The number of rotatable bonds is 5. The molecular formula is C16H15ClO2. The van der Waals surface area contributed by atoms with Crippen molar-refractivity contribution in [3.63, 3.8) is 0 Å². The summed E-state index contributed by atoms with van der Waals surface area (Å²) < 4.78 is 0. The Morgan fingerprint density at radius 3 is 2.32 bits per heavy atom. The molecule has 2 nitrogen and oxygen atoms in total. The number of aliphatic carboxylic acids is 1. The van der Waals surface area contributed by atoms with Gasteiger partial charge in [-0.1, -0.05) is 60.1 Å². The third kappa shape index (κ3) is 3.58. The minimum Gasteiger partial charge on any atom is -0.481 e. The molecule has 0 fully saturated rings. The van der Waals surface area contributed by atoms with Crippen molar-refractivity contribution in [1.82, 2.24) is 0 Å². The molecule has 1 N–H and O–H groups in total. The van der Waals surface area contributed by atoms with E-state index in [4.69, 9.17) is 11.6 Å². The highest BCUT2D eigenvalue weighted by atomic mass is 35.5. The molecule has 0 aliphatic rings. The maximum absolute atomic E-state index is 11.4. The van der Waals surface area contributed by atoms with Crippen molar-refractivity contribution >= 4 is 17.6 Å². The fourth-order valence-corrected chi connectivity index (χ4v) is 2.39. The van der Waals surface area contributed by atoms with Gasteiger partial charge in [-0.05, 0) is 30.0 Å². The maximum atomic E-state index is 11.4. The number of carbonyl (C=O) groups is 1. The smallest absolute Gasteiger partial charge is 0.311 e. The van der Waals surface area contributed by atoms with Crippen molar-refractivity contribution in [2.45, 2.75) is 18.8 Å². The average molecular weight is 275 g/mol. The SMILES string of the molecule is O=C(O)C(CCc1ccccc1)c1ccccc1Cl. The van der Waals surface area contributed by atoms with Gasteiger partial charge in [0.2, 0.25) is 0 Å². The summed E-state index contributed by atoms with van der Waals surface area (Å²) in [5.41, 5.74) is 1.83. The third-order valence-corrected chi connectivity index (χ3v) is 3.49. The summed E-state index contributed by atoms with van der Waals surface area (Å²) in [5.74, 6) is -1.39. The van der Waals surface area contributed by atoms with Crippen LogP contribution in [0.25, 0.3) is 0 Å². The van der Waals surface area contributed by atoms with Gasteiger partial charge in [-0.2, -0.15) is 0 Å². The molecule has 98 valence electrons. The van der Waals surface area contributed by atoms with Gasteiger partial charge in [0.1, 0.15) is 0 Å². The molecule has 3 heteroatoms. The molecular weight excluding hydrogens is 260 g/mol. The van der Waals surface area contributed by atoms with E-state index in [-0.39, 0.29) is 0 Å². The van der Waals surface area contributed by atoms with Gasteiger partial charge in [-0.25, -0.2) is 0 Å². The molecule has 1 atom stereocenters. The summed E-state index contributed by atoms with van der Waals surface area (Å²) >= 11 is 6.08. The van der Waals surface area contributed by atoms with Crippen LogP contribution in [-0.4, -0.2) is 11.1 Å². The summed E-state index contributed by atoms with van der Waals surface area (Å²) in [6.07, 6.45) is 1.27. The fourth-order valence-electron chi connectivity index (χ4n) is 2.13. The van der Waals surface area contributed by atoms with Crippen LogP contribution in [0.2, 0.25) is 5.02 Å². The minimum absolute atomic E-state index is 0.517. The minimum atomic E-state index is -0.830. The lowest BCUT2D eigenvalue weighted by molar-refractivity contribution is -0.138.